The van der Waals surface area contributed by atoms with Gasteiger partial charge < -0.3 is 19.4 Å². The third-order valence-corrected chi connectivity index (χ3v) is 4.83. The van der Waals surface area contributed by atoms with Crippen molar-refractivity contribution in [2.24, 2.45) is 0 Å². The van der Waals surface area contributed by atoms with Crippen LogP contribution < -0.4 is 4.74 Å². The lowest BCUT2D eigenvalue weighted by atomic mass is 9.82. The van der Waals surface area contributed by atoms with E-state index in [2.05, 4.69) is 32.2 Å². The molecule has 1 aromatic carbocycles. The van der Waals surface area contributed by atoms with Crippen LogP contribution in [-0.4, -0.2) is 44.5 Å². The van der Waals surface area contributed by atoms with Crippen LogP contribution in [0.2, 0.25) is 0 Å². The lowest BCUT2D eigenvalue weighted by Gasteiger charge is -2.23. The molecule has 0 aliphatic heterocycles. The average molecular weight is 438 g/mol. The molecule has 1 aliphatic carbocycles. The van der Waals surface area contributed by atoms with Crippen LogP contribution in [0, 0.1) is 0 Å². The van der Waals surface area contributed by atoms with Crippen LogP contribution in [0.25, 0.3) is 0 Å². The van der Waals surface area contributed by atoms with Crippen LogP contribution in [0.15, 0.2) is 35.1 Å². The van der Waals surface area contributed by atoms with Gasteiger partial charge in [-0.3, -0.25) is 0 Å². The fraction of sp³-hybridized carbons (Fsp3) is 0.400. The number of imidazole rings is 1. The molecule has 0 spiro atoms. The van der Waals surface area contributed by atoms with Crippen molar-refractivity contribution < 1.29 is 32.3 Å². The number of rotatable bonds is 5. The number of benzene rings is 1. The molecule has 166 valence electrons. The number of aliphatic carboxylic acids is 1. The summed E-state index contributed by atoms with van der Waals surface area (Å²) in [5.74, 6) is 0.748. The van der Waals surface area contributed by atoms with Crippen molar-refractivity contribution in [1.82, 2.24) is 20.1 Å². The molecule has 8 nitrogen and oxygen atoms in total. The number of hydrogen-bond donors (Lipinski definition) is 2. The number of H-pyrrole nitrogens is 1. The smallest absolute Gasteiger partial charge is 0.490 e. The van der Waals surface area contributed by atoms with Gasteiger partial charge in [0.1, 0.15) is 11.6 Å². The van der Waals surface area contributed by atoms with E-state index in [-0.39, 0.29) is 5.92 Å². The third kappa shape index (κ3) is 5.83. The number of aryl methyl sites for hydroxylation is 3. The molecule has 0 saturated heterocycles. The van der Waals surface area contributed by atoms with Crippen LogP contribution in [0.3, 0.4) is 0 Å². The number of aromatic nitrogens is 4. The Bertz CT molecular complexity index is 1000. The van der Waals surface area contributed by atoms with E-state index in [1.54, 1.807) is 13.3 Å². The van der Waals surface area contributed by atoms with Gasteiger partial charge in [-0.1, -0.05) is 11.2 Å². The van der Waals surface area contributed by atoms with Crippen molar-refractivity contribution in [3.8, 4) is 5.75 Å². The highest BCUT2D eigenvalue weighted by molar-refractivity contribution is 5.73. The maximum Gasteiger partial charge on any atom is 0.490 e. The van der Waals surface area contributed by atoms with Crippen molar-refractivity contribution in [1.29, 1.82) is 0 Å². The Balaban J connectivity index is 0.000000339. The van der Waals surface area contributed by atoms with E-state index in [1.165, 1.54) is 11.1 Å². The monoisotopic (exact) mass is 438 g/mol. The van der Waals surface area contributed by atoms with E-state index >= 15 is 0 Å². The summed E-state index contributed by atoms with van der Waals surface area (Å²) >= 11 is 0. The summed E-state index contributed by atoms with van der Waals surface area (Å²) < 4.78 is 42.5. The summed E-state index contributed by atoms with van der Waals surface area (Å²) in [4.78, 5) is 20.8. The topological polar surface area (TPSA) is 114 Å². The van der Waals surface area contributed by atoms with Crippen molar-refractivity contribution in [2.45, 2.75) is 44.2 Å². The Hall–Kier alpha value is -3.37. The Morgan fingerprint density at radius 3 is 2.77 bits per heavy atom. The Morgan fingerprint density at radius 2 is 2.13 bits per heavy atom. The minimum atomic E-state index is -5.08. The molecular weight excluding hydrogens is 417 g/mol. The van der Waals surface area contributed by atoms with E-state index in [0.717, 1.165) is 43.1 Å². The van der Waals surface area contributed by atoms with Crippen molar-refractivity contribution in [2.75, 3.05) is 7.11 Å². The first kappa shape index (κ1) is 22.3. The number of halogens is 3. The molecule has 11 heteroatoms. The second-order valence-corrected chi connectivity index (χ2v) is 6.89. The number of ether oxygens (including phenoxy) is 1. The second kappa shape index (κ2) is 9.63. The zero-order chi connectivity index (χ0) is 22.4. The van der Waals surface area contributed by atoms with E-state index < -0.39 is 12.1 Å². The minimum Gasteiger partial charge on any atom is -0.497 e. The second-order valence-electron chi connectivity index (χ2n) is 6.89. The number of aromatic amines is 1. The summed E-state index contributed by atoms with van der Waals surface area (Å²) in [6.45, 7) is 0. The first-order valence-electron chi connectivity index (χ1n) is 9.55. The molecule has 2 N–H and O–H groups in total. The standard InChI is InChI=1S/C18H20N4O2.C2HF3O2/c1-23-13-5-6-14-12(11-13)3-2-4-15(14)18-21-17(24-22-18)8-7-16-19-9-10-20-16;3-2(4,5)1(6)7/h5-6,9-11,15H,2-4,7-8H2,1H3,(H,19,20);(H,6,7). The summed E-state index contributed by atoms with van der Waals surface area (Å²) in [7, 11) is 1.70. The molecule has 1 unspecified atom stereocenters. The number of nitrogens with one attached hydrogen (secondary N) is 1. The highest BCUT2D eigenvalue weighted by atomic mass is 19.4. The van der Waals surface area contributed by atoms with Gasteiger partial charge >= 0.3 is 12.1 Å². The van der Waals surface area contributed by atoms with E-state index in [1.807, 2.05) is 12.3 Å². The molecule has 2 aromatic heterocycles. The molecule has 1 atom stereocenters. The Morgan fingerprint density at radius 1 is 1.35 bits per heavy atom. The quantitative estimate of drug-likeness (QED) is 0.624. The van der Waals surface area contributed by atoms with Crippen LogP contribution in [0.1, 0.15) is 47.4 Å². The molecule has 0 bridgehead atoms. The molecule has 31 heavy (non-hydrogen) atoms. The number of methoxy groups -OCH3 is 1. The fourth-order valence-electron chi connectivity index (χ4n) is 3.36. The first-order chi connectivity index (χ1) is 14.8. The molecule has 0 amide bonds. The van der Waals surface area contributed by atoms with Crippen LogP contribution in [0.4, 0.5) is 13.2 Å². The van der Waals surface area contributed by atoms with Gasteiger partial charge in [0.2, 0.25) is 5.89 Å². The Labute approximate surface area is 175 Å². The highest BCUT2D eigenvalue weighted by Crippen LogP contribution is 2.36. The maximum absolute atomic E-state index is 10.6. The van der Waals surface area contributed by atoms with Gasteiger partial charge in [0.05, 0.1) is 7.11 Å². The van der Waals surface area contributed by atoms with Gasteiger partial charge in [0.15, 0.2) is 5.82 Å². The number of nitrogens with zero attached hydrogens (tertiary/aromatic N) is 3. The van der Waals surface area contributed by atoms with Crippen molar-refractivity contribution >= 4 is 5.97 Å². The highest BCUT2D eigenvalue weighted by Gasteiger charge is 2.38. The van der Waals surface area contributed by atoms with Crippen LogP contribution in [-0.2, 0) is 24.1 Å². The normalized spacial score (nSPS) is 15.5. The zero-order valence-corrected chi connectivity index (χ0v) is 16.6. The number of fused-ring (bicyclic) bond motifs is 1. The molecule has 0 saturated carbocycles. The van der Waals surface area contributed by atoms with Gasteiger partial charge in [0, 0.05) is 31.2 Å². The summed E-state index contributed by atoms with van der Waals surface area (Å²) in [6, 6.07) is 6.27. The van der Waals surface area contributed by atoms with Gasteiger partial charge in [-0.15, -0.1) is 0 Å². The van der Waals surface area contributed by atoms with E-state index in [9.17, 15) is 13.2 Å². The molecule has 0 radical (unpaired) electrons. The van der Waals surface area contributed by atoms with Gasteiger partial charge in [0.25, 0.3) is 0 Å². The molecule has 3 aromatic rings. The molecule has 2 heterocycles. The lowest BCUT2D eigenvalue weighted by molar-refractivity contribution is -0.192. The number of carboxylic acid groups (broad SMARTS) is 1. The zero-order valence-electron chi connectivity index (χ0n) is 16.6. The van der Waals surface area contributed by atoms with Gasteiger partial charge in [-0.25, -0.2) is 9.78 Å². The number of hydrogen-bond acceptors (Lipinski definition) is 6. The first-order valence-corrected chi connectivity index (χ1v) is 9.55. The molecule has 4 rings (SSSR count). The average Bonchev–Trinajstić information content (AvgIpc) is 3.43. The van der Waals surface area contributed by atoms with Crippen molar-refractivity contribution in [3.05, 3.63) is 59.3 Å². The number of carboxylic acids is 1. The molecule has 0 fully saturated rings. The Kier molecular flexibility index (Phi) is 6.93. The summed E-state index contributed by atoms with van der Waals surface area (Å²) in [5.41, 5.74) is 2.62. The third-order valence-electron chi connectivity index (χ3n) is 4.83. The van der Waals surface area contributed by atoms with Crippen LogP contribution >= 0.6 is 0 Å². The fourth-order valence-corrected chi connectivity index (χ4v) is 3.36. The largest absolute Gasteiger partial charge is 0.497 e. The lowest BCUT2D eigenvalue weighted by Crippen LogP contribution is -2.21. The summed E-state index contributed by atoms with van der Waals surface area (Å²) in [5, 5.41) is 11.4. The minimum absolute atomic E-state index is 0.209. The molecular formula is C20H21F3N4O4. The van der Waals surface area contributed by atoms with Crippen molar-refractivity contribution in [3.63, 3.8) is 0 Å². The summed E-state index contributed by atoms with van der Waals surface area (Å²) in [6.07, 6.45) is 3.21. The van der Waals surface area contributed by atoms with E-state index in [0.29, 0.717) is 12.3 Å². The van der Waals surface area contributed by atoms with Crippen LogP contribution in [0.5, 0.6) is 5.75 Å². The van der Waals surface area contributed by atoms with Gasteiger partial charge in [-0.05, 0) is 42.5 Å². The maximum atomic E-state index is 10.6. The number of carbonyl (C=O) groups is 1. The van der Waals surface area contributed by atoms with E-state index in [4.69, 9.17) is 19.2 Å². The predicted molar refractivity (Wildman–Crippen MR) is 102 cm³/mol. The SMILES string of the molecule is COc1ccc2c(c1)CCCC2c1noc(CCc2ncc[nH]2)n1.O=C(O)C(F)(F)F. The predicted octanol–water partition coefficient (Wildman–Crippen LogP) is 3.69. The van der Waals surface area contributed by atoms with Gasteiger partial charge in [-0.2, -0.15) is 18.2 Å². The number of alkyl halides is 3. The molecule has 1 aliphatic rings.